The van der Waals surface area contributed by atoms with Gasteiger partial charge in [0.05, 0.1) is 12.0 Å². The lowest BCUT2D eigenvalue weighted by Crippen LogP contribution is -2.39. The number of amides is 2. The average molecular weight is 581 g/mol. The van der Waals surface area contributed by atoms with Crippen molar-refractivity contribution < 1.29 is 28.3 Å². The van der Waals surface area contributed by atoms with Crippen LogP contribution in [0.4, 0.5) is 15.3 Å². The number of carbonyl (C=O) groups excluding carboxylic acids is 2. The first-order valence-corrected chi connectivity index (χ1v) is 15.2. The van der Waals surface area contributed by atoms with E-state index in [2.05, 4.69) is 9.97 Å². The fourth-order valence-corrected chi connectivity index (χ4v) is 7.01. The summed E-state index contributed by atoms with van der Waals surface area (Å²) in [6, 6.07) is 5.16. The van der Waals surface area contributed by atoms with Gasteiger partial charge in [-0.1, -0.05) is 37.0 Å². The predicted molar refractivity (Wildman–Crippen MR) is 152 cm³/mol. The Morgan fingerprint density at radius 2 is 2.00 bits per heavy atom. The molecule has 41 heavy (non-hydrogen) atoms. The van der Waals surface area contributed by atoms with Gasteiger partial charge in [-0.05, 0) is 56.7 Å². The normalized spacial score (nSPS) is 18.3. The van der Waals surface area contributed by atoms with Crippen molar-refractivity contribution in [3.05, 3.63) is 35.3 Å². The second-order valence-electron chi connectivity index (χ2n) is 11.4. The molecule has 1 atom stereocenters. The topological polar surface area (TPSA) is 117 Å². The summed E-state index contributed by atoms with van der Waals surface area (Å²) >= 11 is 0.804. The van der Waals surface area contributed by atoms with Crippen LogP contribution in [0, 0.1) is 23.9 Å². The van der Waals surface area contributed by atoms with E-state index in [0.717, 1.165) is 56.3 Å². The fourth-order valence-electron chi connectivity index (χ4n) is 6.13. The number of pyridine rings is 1. The number of halogens is 1. The fraction of sp³-hybridized carbons (Fsp3) is 0.500. The summed E-state index contributed by atoms with van der Waals surface area (Å²) in [5.74, 6) is -0.0261. The molecule has 2 aliphatic carbocycles. The zero-order chi connectivity index (χ0) is 28.7. The Labute approximate surface area is 241 Å². The number of aromatic nitrogens is 2. The third-order valence-corrected chi connectivity index (χ3v) is 9.11. The van der Waals surface area contributed by atoms with Gasteiger partial charge in [-0.3, -0.25) is 24.2 Å². The molecule has 11 heteroatoms. The molecule has 1 N–H and O–H groups in total. The smallest absolute Gasteiger partial charge is 0.304 e. The maximum Gasteiger partial charge on any atom is 0.304 e. The van der Waals surface area contributed by atoms with Crippen molar-refractivity contribution in [3.8, 4) is 22.6 Å². The van der Waals surface area contributed by atoms with Crippen molar-refractivity contribution in [2.75, 3.05) is 16.3 Å². The standard InChI is InChI=1S/C30H33FN4O5S/c1-17-13-22(27(40-17)19-8-11-23(32-16-19)34-12-4-7-24(34)36)26-28(31)41-30(33-26)35(21-9-10-21)29(39)20(15-25(37)38)14-18-5-2-3-6-18/h8,11,13,16,18,20-21H,2-7,9-10,12,14-15H2,1H3,(H,37,38). The first-order chi connectivity index (χ1) is 19.8. The summed E-state index contributed by atoms with van der Waals surface area (Å²) in [5, 5.41) is 9.27. The minimum atomic E-state index is -1.00. The zero-order valence-electron chi connectivity index (χ0n) is 23.0. The largest absolute Gasteiger partial charge is 0.481 e. The molecule has 2 saturated carbocycles. The Kier molecular flexibility index (Phi) is 7.63. The SMILES string of the molecule is Cc1cc(-c2nc(N(C(=O)C(CC(=O)O)CC3CCCC3)C3CC3)sc2F)c(-c2ccc(N3CCCC3=O)nc2)o1. The van der Waals surface area contributed by atoms with E-state index >= 15 is 4.39 Å². The molecule has 2 amide bonds. The minimum Gasteiger partial charge on any atom is -0.481 e. The number of nitrogens with zero attached hydrogens (tertiary/aromatic N) is 4. The van der Waals surface area contributed by atoms with Crippen LogP contribution in [-0.2, 0) is 14.4 Å². The molecule has 4 heterocycles. The van der Waals surface area contributed by atoms with Gasteiger partial charge in [-0.25, -0.2) is 9.97 Å². The van der Waals surface area contributed by atoms with E-state index < -0.39 is 17.0 Å². The maximum atomic E-state index is 15.6. The van der Waals surface area contributed by atoms with Crippen LogP contribution in [0.15, 0.2) is 28.8 Å². The Hall–Kier alpha value is -3.60. The first-order valence-electron chi connectivity index (χ1n) is 14.4. The van der Waals surface area contributed by atoms with E-state index in [1.54, 1.807) is 41.1 Å². The summed E-state index contributed by atoms with van der Waals surface area (Å²) in [6.07, 6.45) is 8.99. The van der Waals surface area contributed by atoms with Crippen molar-refractivity contribution in [1.29, 1.82) is 0 Å². The number of aliphatic carboxylic acids is 1. The van der Waals surface area contributed by atoms with Crippen LogP contribution in [0.25, 0.3) is 22.6 Å². The van der Waals surface area contributed by atoms with E-state index in [4.69, 9.17) is 4.42 Å². The van der Waals surface area contributed by atoms with E-state index in [-0.39, 0.29) is 35.1 Å². The first kappa shape index (κ1) is 27.6. The maximum absolute atomic E-state index is 15.6. The van der Waals surface area contributed by atoms with Gasteiger partial charge in [-0.2, -0.15) is 4.39 Å². The summed E-state index contributed by atoms with van der Waals surface area (Å²) in [6.45, 7) is 2.40. The van der Waals surface area contributed by atoms with Gasteiger partial charge in [0.2, 0.25) is 16.9 Å². The zero-order valence-corrected chi connectivity index (χ0v) is 23.8. The summed E-state index contributed by atoms with van der Waals surface area (Å²) in [5.41, 5.74) is 1.15. The van der Waals surface area contributed by atoms with Crippen LogP contribution in [-0.4, -0.2) is 45.4 Å². The molecule has 3 aliphatic rings. The Balaban J connectivity index is 1.29. The average Bonchev–Trinajstić information content (AvgIpc) is 3.28. The minimum absolute atomic E-state index is 0.0421. The molecular weight excluding hydrogens is 547 g/mol. The highest BCUT2D eigenvalue weighted by Crippen LogP contribution is 2.43. The van der Waals surface area contributed by atoms with Crippen molar-refractivity contribution in [2.45, 2.75) is 77.2 Å². The summed E-state index contributed by atoms with van der Waals surface area (Å²) < 4.78 is 21.5. The molecule has 0 spiro atoms. The number of carboxylic acid groups (broad SMARTS) is 1. The molecule has 216 valence electrons. The van der Waals surface area contributed by atoms with E-state index in [1.807, 2.05) is 0 Å². The van der Waals surface area contributed by atoms with Gasteiger partial charge in [0.25, 0.3) is 0 Å². The number of aryl methyl sites for hydroxylation is 1. The summed E-state index contributed by atoms with van der Waals surface area (Å²) in [4.78, 5) is 49.9. The van der Waals surface area contributed by atoms with E-state index in [1.165, 1.54) is 0 Å². The Morgan fingerprint density at radius 3 is 2.63 bits per heavy atom. The summed E-state index contributed by atoms with van der Waals surface area (Å²) in [7, 11) is 0. The molecule has 9 nitrogen and oxygen atoms in total. The van der Waals surface area contributed by atoms with Crippen LogP contribution >= 0.6 is 11.3 Å². The number of rotatable bonds is 10. The quantitative estimate of drug-likeness (QED) is 0.303. The second kappa shape index (κ2) is 11.3. The van der Waals surface area contributed by atoms with Crippen LogP contribution < -0.4 is 9.80 Å². The third kappa shape index (κ3) is 5.77. The van der Waals surface area contributed by atoms with Crippen LogP contribution in [0.5, 0.6) is 0 Å². The van der Waals surface area contributed by atoms with Gasteiger partial charge in [-0.15, -0.1) is 0 Å². The lowest BCUT2D eigenvalue weighted by Gasteiger charge is -2.26. The van der Waals surface area contributed by atoms with Crippen molar-refractivity contribution >= 4 is 40.1 Å². The van der Waals surface area contributed by atoms with E-state index in [0.29, 0.717) is 53.8 Å². The highest BCUT2D eigenvalue weighted by molar-refractivity contribution is 7.14. The lowest BCUT2D eigenvalue weighted by molar-refractivity contribution is -0.141. The van der Waals surface area contributed by atoms with Gasteiger partial charge in [0.1, 0.15) is 23.0 Å². The van der Waals surface area contributed by atoms with Crippen LogP contribution in [0.2, 0.25) is 0 Å². The number of anilines is 2. The molecular formula is C30H33FN4O5S. The number of carbonyl (C=O) groups is 3. The number of carboxylic acids is 1. The van der Waals surface area contributed by atoms with Gasteiger partial charge < -0.3 is 9.52 Å². The van der Waals surface area contributed by atoms with E-state index in [9.17, 15) is 19.5 Å². The molecule has 1 saturated heterocycles. The second-order valence-corrected chi connectivity index (χ2v) is 12.3. The van der Waals surface area contributed by atoms with Crippen molar-refractivity contribution in [3.63, 3.8) is 0 Å². The lowest BCUT2D eigenvalue weighted by atomic mass is 9.90. The van der Waals surface area contributed by atoms with Crippen molar-refractivity contribution in [2.24, 2.45) is 11.8 Å². The molecule has 0 bridgehead atoms. The number of furan rings is 1. The monoisotopic (exact) mass is 580 g/mol. The van der Waals surface area contributed by atoms with Crippen molar-refractivity contribution in [1.82, 2.24) is 9.97 Å². The highest BCUT2D eigenvalue weighted by Gasteiger charge is 2.41. The molecule has 3 aromatic heterocycles. The molecule has 1 unspecified atom stereocenters. The number of hydrogen-bond acceptors (Lipinski definition) is 7. The van der Waals surface area contributed by atoms with Crippen LogP contribution in [0.3, 0.4) is 0 Å². The molecule has 1 aliphatic heterocycles. The van der Waals surface area contributed by atoms with Gasteiger partial charge in [0, 0.05) is 36.7 Å². The number of thiazole rings is 1. The molecule has 6 rings (SSSR count). The molecule has 0 aromatic carbocycles. The third-order valence-electron chi connectivity index (χ3n) is 8.26. The predicted octanol–water partition coefficient (Wildman–Crippen LogP) is 6.21. The van der Waals surface area contributed by atoms with Gasteiger partial charge >= 0.3 is 5.97 Å². The Bertz CT molecular complexity index is 1460. The molecule has 3 fully saturated rings. The van der Waals surface area contributed by atoms with Gasteiger partial charge in [0.15, 0.2) is 5.13 Å². The Morgan fingerprint density at radius 1 is 1.22 bits per heavy atom. The highest BCUT2D eigenvalue weighted by atomic mass is 32.1. The molecule has 0 radical (unpaired) electrons. The molecule has 3 aromatic rings. The van der Waals surface area contributed by atoms with Crippen LogP contribution in [0.1, 0.15) is 70.0 Å². The number of hydrogen-bond donors (Lipinski definition) is 1.